The largest absolute Gasteiger partial charge is 0.489 e. The third-order valence-corrected chi connectivity index (χ3v) is 4.24. The van der Waals surface area contributed by atoms with Crippen LogP contribution in [0.3, 0.4) is 0 Å². The van der Waals surface area contributed by atoms with Crippen molar-refractivity contribution in [3.8, 4) is 11.5 Å². The number of benzene rings is 1. The summed E-state index contributed by atoms with van der Waals surface area (Å²) in [4.78, 5) is 10.0. The highest BCUT2D eigenvalue weighted by Crippen LogP contribution is 2.26. The van der Waals surface area contributed by atoms with Gasteiger partial charge in [0.15, 0.2) is 0 Å². The molecule has 2 aromatic rings. The van der Waals surface area contributed by atoms with Gasteiger partial charge in [0, 0.05) is 23.9 Å². The van der Waals surface area contributed by atoms with Crippen LogP contribution in [0.5, 0.6) is 11.5 Å². The van der Waals surface area contributed by atoms with E-state index in [-0.39, 0.29) is 26.4 Å². The molecule has 0 spiro atoms. The van der Waals surface area contributed by atoms with Gasteiger partial charge in [-0.25, -0.2) is 0 Å². The number of likely N-dealkylation sites (N-methyl/N-ethyl adjacent to an activating group) is 1. The summed E-state index contributed by atoms with van der Waals surface area (Å²) in [7, 11) is 0. The van der Waals surface area contributed by atoms with Crippen molar-refractivity contribution in [1.29, 1.82) is 0 Å². The van der Waals surface area contributed by atoms with E-state index < -0.39 is 6.10 Å². The highest BCUT2D eigenvalue weighted by molar-refractivity contribution is 5.41. The van der Waals surface area contributed by atoms with Gasteiger partial charge in [-0.1, -0.05) is 18.2 Å². The lowest BCUT2D eigenvalue weighted by Gasteiger charge is -2.25. The lowest BCUT2D eigenvalue weighted by molar-refractivity contribution is -0.0864. The van der Waals surface area contributed by atoms with E-state index in [4.69, 9.17) is 9.57 Å². The lowest BCUT2D eigenvalue weighted by Crippen LogP contribution is -2.38. The molecule has 0 bridgehead atoms. The molecule has 0 fully saturated rings. The van der Waals surface area contributed by atoms with Crippen molar-refractivity contribution >= 4 is 0 Å². The van der Waals surface area contributed by atoms with Crippen LogP contribution >= 0.6 is 0 Å². The monoisotopic (exact) mass is 376 g/mol. The number of hydrogen-bond donors (Lipinski definition) is 3. The van der Waals surface area contributed by atoms with Crippen LogP contribution in [0.25, 0.3) is 0 Å². The molecular formula is C20H28N2O5. The summed E-state index contributed by atoms with van der Waals surface area (Å²) in [6.45, 7) is 5.99. The summed E-state index contributed by atoms with van der Waals surface area (Å²) in [6, 6.07) is 7.68. The molecule has 0 saturated carbocycles. The van der Waals surface area contributed by atoms with E-state index in [0.717, 1.165) is 11.3 Å². The molecule has 1 heterocycles. The molecule has 0 amide bonds. The Kier molecular flexibility index (Phi) is 7.99. The van der Waals surface area contributed by atoms with Crippen molar-refractivity contribution in [3.05, 3.63) is 52.8 Å². The second kappa shape index (κ2) is 10.2. The lowest BCUT2D eigenvalue weighted by atomic mass is 10.1. The minimum absolute atomic E-state index is 0.0119. The van der Waals surface area contributed by atoms with Crippen molar-refractivity contribution < 1.29 is 24.9 Å². The average Bonchev–Trinajstić information content (AvgIpc) is 2.67. The molecule has 1 aromatic heterocycles. The fourth-order valence-electron chi connectivity index (χ4n) is 2.67. The third-order valence-electron chi connectivity index (χ3n) is 4.24. The van der Waals surface area contributed by atoms with Crippen molar-refractivity contribution in [1.82, 2.24) is 10.0 Å². The summed E-state index contributed by atoms with van der Waals surface area (Å²) in [5.74, 6) is 1.14. The summed E-state index contributed by atoms with van der Waals surface area (Å²) < 4.78 is 5.72. The molecule has 0 saturated heterocycles. The molecule has 2 rings (SSSR count). The smallest absolute Gasteiger partial charge is 0.150 e. The van der Waals surface area contributed by atoms with Gasteiger partial charge in [0.1, 0.15) is 24.2 Å². The molecular weight excluding hydrogens is 348 g/mol. The number of para-hydroxylation sites is 1. The molecule has 7 heteroatoms. The Bertz CT molecular complexity index is 738. The SMILES string of the molecule is CCN(CC(O)COc1c(C)ncc(CO)c1CO)Oc1ccccc1C. The van der Waals surface area contributed by atoms with Gasteiger partial charge in [-0.2, -0.15) is 0 Å². The van der Waals surface area contributed by atoms with Gasteiger partial charge >= 0.3 is 0 Å². The van der Waals surface area contributed by atoms with Crippen LogP contribution < -0.4 is 9.57 Å². The number of hydrogen-bond acceptors (Lipinski definition) is 7. The minimum atomic E-state index is -0.808. The summed E-state index contributed by atoms with van der Waals surface area (Å²) in [6.07, 6.45) is 0.705. The Morgan fingerprint density at radius 2 is 1.89 bits per heavy atom. The first kappa shape index (κ1) is 21.1. The van der Waals surface area contributed by atoms with E-state index in [2.05, 4.69) is 4.98 Å². The number of aromatic nitrogens is 1. The van der Waals surface area contributed by atoms with E-state index in [1.165, 1.54) is 6.20 Å². The van der Waals surface area contributed by atoms with E-state index in [0.29, 0.717) is 29.1 Å². The van der Waals surface area contributed by atoms with Crippen molar-refractivity contribution in [3.63, 3.8) is 0 Å². The zero-order valence-electron chi connectivity index (χ0n) is 16.1. The molecule has 0 aliphatic heterocycles. The van der Waals surface area contributed by atoms with Gasteiger partial charge in [0.25, 0.3) is 0 Å². The quantitative estimate of drug-likeness (QED) is 0.544. The summed E-state index contributed by atoms with van der Waals surface area (Å²) in [5.41, 5.74) is 2.59. The van der Waals surface area contributed by atoms with Crippen LogP contribution in [0.15, 0.2) is 30.5 Å². The number of pyridine rings is 1. The first-order valence-corrected chi connectivity index (χ1v) is 8.98. The maximum Gasteiger partial charge on any atom is 0.150 e. The van der Waals surface area contributed by atoms with E-state index in [1.54, 1.807) is 12.0 Å². The number of aryl methyl sites for hydroxylation is 2. The van der Waals surface area contributed by atoms with Gasteiger partial charge in [-0.05, 0) is 32.4 Å². The Labute approximate surface area is 159 Å². The maximum absolute atomic E-state index is 10.4. The standard InChI is InChI=1S/C20H28N2O5/c1-4-22(27-19-8-6-5-7-14(19)2)10-17(25)13-26-20-15(3)21-9-16(11-23)18(20)12-24/h5-9,17,23-25H,4,10-13H2,1-3H3. The summed E-state index contributed by atoms with van der Waals surface area (Å²) in [5, 5.41) is 31.0. The fraction of sp³-hybridized carbons (Fsp3) is 0.450. The second-order valence-electron chi connectivity index (χ2n) is 6.29. The number of aliphatic hydroxyl groups is 3. The maximum atomic E-state index is 10.4. The number of rotatable bonds is 10. The zero-order chi connectivity index (χ0) is 19.8. The topological polar surface area (TPSA) is 95.3 Å². The normalized spacial score (nSPS) is 12.3. The van der Waals surface area contributed by atoms with Crippen molar-refractivity contribution in [2.75, 3.05) is 19.7 Å². The van der Waals surface area contributed by atoms with Crippen LogP contribution in [0.4, 0.5) is 0 Å². The molecule has 0 aliphatic rings. The predicted molar refractivity (Wildman–Crippen MR) is 101 cm³/mol. The summed E-state index contributed by atoms with van der Waals surface area (Å²) >= 11 is 0. The first-order chi connectivity index (χ1) is 13.0. The highest BCUT2D eigenvalue weighted by atomic mass is 16.7. The third kappa shape index (κ3) is 5.64. The fourth-order valence-corrected chi connectivity index (χ4v) is 2.67. The van der Waals surface area contributed by atoms with Gasteiger partial charge in [0.05, 0.1) is 25.5 Å². The molecule has 148 valence electrons. The Morgan fingerprint density at radius 1 is 1.15 bits per heavy atom. The highest BCUT2D eigenvalue weighted by Gasteiger charge is 2.17. The molecule has 0 radical (unpaired) electrons. The van der Waals surface area contributed by atoms with Crippen LogP contribution in [0.2, 0.25) is 0 Å². The molecule has 27 heavy (non-hydrogen) atoms. The number of aliphatic hydroxyl groups excluding tert-OH is 3. The minimum Gasteiger partial charge on any atom is -0.489 e. The Morgan fingerprint density at radius 3 is 2.52 bits per heavy atom. The molecule has 3 N–H and O–H groups in total. The van der Waals surface area contributed by atoms with Crippen LogP contribution in [-0.4, -0.2) is 51.2 Å². The second-order valence-corrected chi connectivity index (χ2v) is 6.29. The first-order valence-electron chi connectivity index (χ1n) is 8.98. The van der Waals surface area contributed by atoms with Crippen LogP contribution in [0.1, 0.15) is 29.3 Å². The van der Waals surface area contributed by atoms with Gasteiger partial charge in [-0.15, -0.1) is 5.06 Å². The van der Waals surface area contributed by atoms with Gasteiger partial charge in [-0.3, -0.25) is 4.98 Å². The van der Waals surface area contributed by atoms with Crippen molar-refractivity contribution in [2.45, 2.75) is 40.1 Å². The van der Waals surface area contributed by atoms with Crippen LogP contribution in [0, 0.1) is 13.8 Å². The zero-order valence-corrected chi connectivity index (χ0v) is 16.1. The Hall–Kier alpha value is -2.19. The molecule has 7 nitrogen and oxygen atoms in total. The molecule has 1 unspecified atom stereocenters. The Balaban J connectivity index is 1.99. The average molecular weight is 376 g/mol. The van der Waals surface area contributed by atoms with Gasteiger partial charge in [0.2, 0.25) is 0 Å². The molecule has 0 aliphatic carbocycles. The van der Waals surface area contributed by atoms with E-state index in [1.807, 2.05) is 38.1 Å². The predicted octanol–water partition coefficient (Wildman–Crippen LogP) is 1.74. The molecule has 1 atom stereocenters. The number of hydroxylamine groups is 2. The van der Waals surface area contributed by atoms with E-state index in [9.17, 15) is 15.3 Å². The van der Waals surface area contributed by atoms with Crippen LogP contribution in [-0.2, 0) is 13.2 Å². The van der Waals surface area contributed by atoms with Gasteiger partial charge < -0.3 is 24.9 Å². The number of ether oxygens (including phenoxy) is 1. The van der Waals surface area contributed by atoms with Crippen molar-refractivity contribution in [2.24, 2.45) is 0 Å². The number of nitrogens with zero attached hydrogens (tertiary/aromatic N) is 2. The van der Waals surface area contributed by atoms with E-state index >= 15 is 0 Å². The molecule has 1 aromatic carbocycles.